The van der Waals surface area contributed by atoms with Gasteiger partial charge in [-0.25, -0.2) is 9.97 Å². The molecule has 3 N–H and O–H groups in total. The summed E-state index contributed by atoms with van der Waals surface area (Å²) >= 11 is 0. The first-order valence-corrected chi connectivity index (χ1v) is 12.7. The molecule has 1 fully saturated rings. The summed E-state index contributed by atoms with van der Waals surface area (Å²) in [5.74, 6) is 0.342. The van der Waals surface area contributed by atoms with Gasteiger partial charge in [-0.3, -0.25) is 0 Å². The van der Waals surface area contributed by atoms with Crippen molar-refractivity contribution >= 4 is 22.4 Å². The van der Waals surface area contributed by atoms with E-state index < -0.39 is 28.8 Å². The lowest BCUT2D eigenvalue weighted by atomic mass is 10.1. The third-order valence-corrected chi connectivity index (χ3v) is 10.2. The molecular weight excluding hydrogens is 385 g/mol. The van der Waals surface area contributed by atoms with Gasteiger partial charge in [-0.1, -0.05) is 28.2 Å². The van der Waals surface area contributed by atoms with Gasteiger partial charge in [0, 0.05) is 23.3 Å². The lowest BCUT2D eigenvalue weighted by molar-refractivity contribution is 0.0258. The molecule has 0 bridgehead atoms. The molecule has 1 aliphatic carbocycles. The standard InChI is InChI=1S/C16H28N3O5PSi.CH4/c1-16(2,3)26(4,5)24-15-12(19-13-6-7-17-10-18-13)8-11(9-20)14(15)23-25(21)22;/h6-7,10-12,14-15,20H,8-9H2,1-5H3,(H-,17,18,19,21,22);1H4/p+1/t11-,12-,14-,15+;/m1./s1. The van der Waals surface area contributed by atoms with Crippen molar-refractivity contribution in [1.29, 1.82) is 0 Å². The second kappa shape index (κ2) is 9.49. The maximum absolute atomic E-state index is 11.3. The second-order valence-corrected chi connectivity index (χ2v) is 13.6. The zero-order valence-electron chi connectivity index (χ0n) is 15.9. The highest BCUT2D eigenvalue weighted by molar-refractivity contribution is 7.32. The van der Waals surface area contributed by atoms with Crippen LogP contribution < -0.4 is 5.32 Å². The molecule has 0 aromatic carbocycles. The quantitative estimate of drug-likeness (QED) is 0.456. The van der Waals surface area contributed by atoms with Gasteiger partial charge in [-0.15, -0.1) is 9.42 Å². The summed E-state index contributed by atoms with van der Waals surface area (Å²) in [5.41, 5.74) is 0. The Hall–Kier alpha value is -0.963. The number of nitrogens with one attached hydrogen (secondary N) is 1. The molecule has 0 amide bonds. The Balaban J connectivity index is 0.00000364. The highest BCUT2D eigenvalue weighted by atomic mass is 31.1. The van der Waals surface area contributed by atoms with E-state index in [1.165, 1.54) is 6.33 Å². The molecule has 0 radical (unpaired) electrons. The number of nitrogens with zero attached hydrogens (tertiary/aromatic N) is 2. The summed E-state index contributed by atoms with van der Waals surface area (Å²) in [6.45, 7) is 10.5. The molecule has 0 saturated heterocycles. The average molecular weight is 419 g/mol. The first-order valence-electron chi connectivity index (χ1n) is 8.69. The number of anilines is 1. The van der Waals surface area contributed by atoms with Crippen molar-refractivity contribution in [2.45, 2.75) is 71.0 Å². The largest absolute Gasteiger partial charge is 0.695 e. The van der Waals surface area contributed by atoms with Crippen molar-refractivity contribution < 1.29 is 23.5 Å². The SMILES string of the molecule is C.CC(C)(C)[Si](C)(C)O[C@@H]1[C@H](O[P+](=O)O)[C@@H](CO)C[C@H]1Nc1ccncn1. The van der Waals surface area contributed by atoms with Crippen molar-refractivity contribution in [2.24, 2.45) is 5.92 Å². The highest BCUT2D eigenvalue weighted by Gasteiger charge is 2.52. The fourth-order valence-corrected chi connectivity index (χ4v) is 4.73. The summed E-state index contributed by atoms with van der Waals surface area (Å²) in [6.07, 6.45) is 2.50. The summed E-state index contributed by atoms with van der Waals surface area (Å²) in [5, 5.41) is 13.0. The van der Waals surface area contributed by atoms with Crippen LogP contribution in [0.5, 0.6) is 0 Å². The fraction of sp³-hybridized carbons (Fsp3) is 0.765. The number of rotatable bonds is 7. The van der Waals surface area contributed by atoms with Gasteiger partial charge in [0.25, 0.3) is 0 Å². The van der Waals surface area contributed by atoms with Gasteiger partial charge in [0.2, 0.25) is 0 Å². The summed E-state index contributed by atoms with van der Waals surface area (Å²) in [7, 11) is -4.97. The molecule has 1 aromatic heterocycles. The topological polar surface area (TPSA) is 114 Å². The second-order valence-electron chi connectivity index (χ2n) is 8.17. The van der Waals surface area contributed by atoms with E-state index in [0.717, 1.165) is 0 Å². The van der Waals surface area contributed by atoms with E-state index in [2.05, 4.69) is 49.1 Å². The van der Waals surface area contributed by atoms with Crippen LogP contribution in [0.25, 0.3) is 0 Å². The molecule has 10 heteroatoms. The molecular formula is C17H33N3O5PSi+. The van der Waals surface area contributed by atoms with Gasteiger partial charge < -0.3 is 14.8 Å². The van der Waals surface area contributed by atoms with Gasteiger partial charge in [-0.05, 0) is 30.6 Å². The molecule has 1 heterocycles. The van der Waals surface area contributed by atoms with Gasteiger partial charge in [0.05, 0.1) is 12.1 Å². The summed E-state index contributed by atoms with van der Waals surface area (Å²) in [4.78, 5) is 17.4. The van der Waals surface area contributed by atoms with Crippen molar-refractivity contribution in [3.8, 4) is 0 Å². The Morgan fingerprint density at radius 2 is 2.04 bits per heavy atom. The minimum absolute atomic E-state index is 0. The minimum atomic E-state index is -2.80. The van der Waals surface area contributed by atoms with Gasteiger partial charge in [0.15, 0.2) is 8.32 Å². The Morgan fingerprint density at radius 3 is 2.52 bits per heavy atom. The van der Waals surface area contributed by atoms with Crippen LogP contribution in [0.4, 0.5) is 5.82 Å². The van der Waals surface area contributed by atoms with E-state index in [-0.39, 0.29) is 31.0 Å². The smallest absolute Gasteiger partial charge is 0.409 e. The Morgan fingerprint density at radius 1 is 1.37 bits per heavy atom. The van der Waals surface area contributed by atoms with E-state index in [9.17, 15) is 14.6 Å². The summed E-state index contributed by atoms with van der Waals surface area (Å²) < 4.78 is 23.2. The number of hydrogen-bond acceptors (Lipinski definition) is 7. The fourth-order valence-electron chi connectivity index (χ4n) is 2.89. The molecule has 1 aliphatic rings. The molecule has 154 valence electrons. The van der Waals surface area contributed by atoms with Crippen LogP contribution in [0.15, 0.2) is 18.6 Å². The van der Waals surface area contributed by atoms with Crippen LogP contribution in [0.3, 0.4) is 0 Å². The number of hydrogen-bond donors (Lipinski definition) is 3. The maximum atomic E-state index is 11.3. The van der Waals surface area contributed by atoms with Crippen LogP contribution in [0, 0.1) is 5.92 Å². The molecule has 27 heavy (non-hydrogen) atoms. The Kier molecular flexibility index (Phi) is 8.46. The van der Waals surface area contributed by atoms with Gasteiger partial charge in [0.1, 0.15) is 18.2 Å². The Labute approximate surface area is 163 Å². The third-order valence-electron chi connectivity index (χ3n) is 5.34. The zero-order chi connectivity index (χ0) is 19.5. The monoisotopic (exact) mass is 418 g/mol. The van der Waals surface area contributed by atoms with Gasteiger partial charge in [-0.2, -0.15) is 0 Å². The normalized spacial score (nSPS) is 26.4. The van der Waals surface area contributed by atoms with Crippen molar-refractivity contribution in [3.05, 3.63) is 18.6 Å². The van der Waals surface area contributed by atoms with E-state index in [1.54, 1.807) is 12.3 Å². The maximum Gasteiger partial charge on any atom is 0.695 e. The molecule has 1 saturated carbocycles. The predicted octanol–water partition coefficient (Wildman–Crippen LogP) is 3.33. The van der Waals surface area contributed by atoms with Crippen molar-refractivity contribution in [1.82, 2.24) is 9.97 Å². The van der Waals surface area contributed by atoms with Crippen molar-refractivity contribution in [2.75, 3.05) is 11.9 Å². The van der Waals surface area contributed by atoms with E-state index in [1.807, 2.05) is 0 Å². The van der Waals surface area contributed by atoms with E-state index >= 15 is 0 Å². The van der Waals surface area contributed by atoms with Crippen LogP contribution >= 0.6 is 8.25 Å². The van der Waals surface area contributed by atoms with E-state index in [4.69, 9.17) is 8.95 Å². The average Bonchev–Trinajstić information content (AvgIpc) is 2.83. The van der Waals surface area contributed by atoms with Crippen LogP contribution in [0.2, 0.25) is 18.1 Å². The molecule has 5 atom stereocenters. The van der Waals surface area contributed by atoms with E-state index in [0.29, 0.717) is 12.2 Å². The van der Waals surface area contributed by atoms with Crippen LogP contribution in [-0.4, -0.2) is 53.1 Å². The first kappa shape index (κ1) is 24.1. The van der Waals surface area contributed by atoms with Crippen molar-refractivity contribution in [3.63, 3.8) is 0 Å². The molecule has 0 spiro atoms. The lowest BCUT2D eigenvalue weighted by Crippen LogP contribution is -2.50. The predicted molar refractivity (Wildman–Crippen MR) is 108 cm³/mol. The Bertz CT molecular complexity index is 614. The molecule has 2 rings (SSSR count). The molecule has 1 unspecified atom stereocenters. The molecule has 1 aromatic rings. The molecule has 8 nitrogen and oxygen atoms in total. The van der Waals surface area contributed by atoms with Crippen LogP contribution in [-0.2, 0) is 13.5 Å². The highest BCUT2D eigenvalue weighted by Crippen LogP contribution is 2.43. The summed E-state index contributed by atoms with van der Waals surface area (Å²) in [6, 6.07) is 1.55. The first-order chi connectivity index (χ1) is 12.0. The number of aliphatic hydroxyl groups is 1. The number of aromatic nitrogens is 2. The van der Waals surface area contributed by atoms with Crippen LogP contribution in [0.1, 0.15) is 34.6 Å². The molecule has 0 aliphatic heterocycles. The lowest BCUT2D eigenvalue weighted by Gasteiger charge is -2.40. The number of aliphatic hydroxyl groups excluding tert-OH is 1. The zero-order valence-corrected chi connectivity index (χ0v) is 17.8. The van der Waals surface area contributed by atoms with Gasteiger partial charge >= 0.3 is 8.25 Å². The minimum Gasteiger partial charge on any atom is -0.409 e. The third kappa shape index (κ3) is 6.01.